The van der Waals surface area contributed by atoms with E-state index in [4.69, 9.17) is 15.2 Å². The molecule has 0 saturated heterocycles. The maximum Gasteiger partial charge on any atom is 0.222 e. The van der Waals surface area contributed by atoms with Gasteiger partial charge >= 0.3 is 0 Å². The summed E-state index contributed by atoms with van der Waals surface area (Å²) in [6, 6.07) is 9.13. The molecule has 2 rings (SSSR count). The standard InChI is InChI=1S/C14H15BrN2O2/c1-3-18-12-5-4-6-13(17-12)19-14-9(2)7-10(15)8-11(14)16/h4-8H,3,16H2,1-2H3. The van der Waals surface area contributed by atoms with E-state index in [9.17, 15) is 0 Å². The fourth-order valence-electron chi connectivity index (χ4n) is 1.68. The van der Waals surface area contributed by atoms with Crippen molar-refractivity contribution in [3.8, 4) is 17.5 Å². The highest BCUT2D eigenvalue weighted by atomic mass is 79.9. The minimum Gasteiger partial charge on any atom is -0.478 e. The van der Waals surface area contributed by atoms with E-state index in [0.29, 0.717) is 29.8 Å². The van der Waals surface area contributed by atoms with Crippen LogP contribution in [0.5, 0.6) is 17.5 Å². The van der Waals surface area contributed by atoms with Gasteiger partial charge in [-0.2, -0.15) is 4.98 Å². The average molecular weight is 323 g/mol. The van der Waals surface area contributed by atoms with Crippen molar-refractivity contribution in [3.05, 3.63) is 40.4 Å². The number of nitrogen functional groups attached to an aromatic ring is 1. The maximum atomic E-state index is 5.95. The molecule has 0 bridgehead atoms. The van der Waals surface area contributed by atoms with Crippen molar-refractivity contribution in [2.24, 2.45) is 0 Å². The fraction of sp³-hybridized carbons (Fsp3) is 0.214. The summed E-state index contributed by atoms with van der Waals surface area (Å²) in [5.74, 6) is 1.61. The van der Waals surface area contributed by atoms with Crippen LogP contribution < -0.4 is 15.2 Å². The number of anilines is 1. The van der Waals surface area contributed by atoms with Gasteiger partial charge in [-0.1, -0.05) is 22.0 Å². The minimum absolute atomic E-state index is 0.461. The Bertz CT molecular complexity index is 564. The third-order valence-electron chi connectivity index (χ3n) is 2.46. The fourth-order valence-corrected chi connectivity index (χ4v) is 2.27. The highest BCUT2D eigenvalue weighted by molar-refractivity contribution is 9.10. The van der Waals surface area contributed by atoms with Crippen molar-refractivity contribution in [1.82, 2.24) is 4.98 Å². The molecule has 19 heavy (non-hydrogen) atoms. The Balaban J connectivity index is 2.28. The normalized spacial score (nSPS) is 10.3. The molecule has 4 nitrogen and oxygen atoms in total. The molecule has 0 amide bonds. The number of aromatic nitrogens is 1. The number of pyridine rings is 1. The number of nitrogens with two attached hydrogens (primary N) is 1. The monoisotopic (exact) mass is 322 g/mol. The molecule has 0 saturated carbocycles. The zero-order valence-electron chi connectivity index (χ0n) is 10.8. The first-order valence-electron chi connectivity index (χ1n) is 5.93. The van der Waals surface area contributed by atoms with Crippen molar-refractivity contribution in [3.63, 3.8) is 0 Å². The van der Waals surface area contributed by atoms with Crippen molar-refractivity contribution in [2.45, 2.75) is 13.8 Å². The molecular formula is C14H15BrN2O2. The molecule has 0 fully saturated rings. The van der Waals surface area contributed by atoms with Gasteiger partial charge in [0, 0.05) is 16.6 Å². The van der Waals surface area contributed by atoms with Gasteiger partial charge in [0.05, 0.1) is 12.3 Å². The average Bonchev–Trinajstić information content (AvgIpc) is 2.35. The van der Waals surface area contributed by atoms with Crippen LogP contribution in [0.1, 0.15) is 12.5 Å². The molecule has 5 heteroatoms. The Labute approximate surface area is 120 Å². The quantitative estimate of drug-likeness (QED) is 0.866. The van der Waals surface area contributed by atoms with Gasteiger partial charge in [0.15, 0.2) is 5.75 Å². The number of aryl methyl sites for hydroxylation is 1. The first-order chi connectivity index (χ1) is 9.10. The third kappa shape index (κ3) is 3.38. The Morgan fingerprint density at radius 3 is 2.68 bits per heavy atom. The molecule has 0 atom stereocenters. The molecule has 100 valence electrons. The minimum atomic E-state index is 0.461. The van der Waals surface area contributed by atoms with E-state index in [1.807, 2.05) is 26.0 Å². The molecule has 0 aliphatic rings. The van der Waals surface area contributed by atoms with E-state index in [0.717, 1.165) is 10.0 Å². The summed E-state index contributed by atoms with van der Waals surface area (Å²) in [4.78, 5) is 4.25. The second-order valence-corrected chi connectivity index (χ2v) is 4.91. The third-order valence-corrected chi connectivity index (χ3v) is 2.92. The SMILES string of the molecule is CCOc1cccc(Oc2c(C)cc(Br)cc2N)n1. The summed E-state index contributed by atoms with van der Waals surface area (Å²) in [5.41, 5.74) is 7.46. The Morgan fingerprint density at radius 2 is 2.00 bits per heavy atom. The first-order valence-corrected chi connectivity index (χ1v) is 6.72. The van der Waals surface area contributed by atoms with E-state index in [1.165, 1.54) is 0 Å². The molecule has 1 aromatic carbocycles. The summed E-state index contributed by atoms with van der Waals surface area (Å²) in [5, 5.41) is 0. The molecule has 0 aliphatic heterocycles. The van der Waals surface area contributed by atoms with Crippen LogP contribution in [0.25, 0.3) is 0 Å². The van der Waals surface area contributed by atoms with Gasteiger partial charge in [-0.05, 0) is 31.5 Å². The predicted molar refractivity (Wildman–Crippen MR) is 78.8 cm³/mol. The van der Waals surface area contributed by atoms with Crippen LogP contribution in [0, 0.1) is 6.92 Å². The molecule has 0 radical (unpaired) electrons. The number of nitrogens with zero attached hydrogens (tertiary/aromatic N) is 1. The Morgan fingerprint density at radius 1 is 1.26 bits per heavy atom. The van der Waals surface area contributed by atoms with Crippen molar-refractivity contribution < 1.29 is 9.47 Å². The lowest BCUT2D eigenvalue weighted by Crippen LogP contribution is -1.98. The lowest BCUT2D eigenvalue weighted by Gasteiger charge is -2.12. The molecule has 1 heterocycles. The van der Waals surface area contributed by atoms with Crippen LogP contribution in [0.4, 0.5) is 5.69 Å². The van der Waals surface area contributed by atoms with Gasteiger partial charge in [-0.25, -0.2) is 0 Å². The highest BCUT2D eigenvalue weighted by Gasteiger charge is 2.09. The van der Waals surface area contributed by atoms with Gasteiger partial charge in [-0.3, -0.25) is 0 Å². The largest absolute Gasteiger partial charge is 0.478 e. The number of rotatable bonds is 4. The van der Waals surface area contributed by atoms with Gasteiger partial charge < -0.3 is 15.2 Å². The van der Waals surface area contributed by atoms with Crippen LogP contribution in [-0.4, -0.2) is 11.6 Å². The van der Waals surface area contributed by atoms with Crippen LogP contribution in [0.2, 0.25) is 0 Å². The number of halogens is 1. The first kappa shape index (κ1) is 13.7. The van der Waals surface area contributed by atoms with Crippen molar-refractivity contribution >= 4 is 21.6 Å². The molecule has 0 unspecified atom stereocenters. The number of hydrogen-bond acceptors (Lipinski definition) is 4. The van der Waals surface area contributed by atoms with Crippen LogP contribution in [0.3, 0.4) is 0 Å². The highest BCUT2D eigenvalue weighted by Crippen LogP contribution is 2.33. The summed E-state index contributed by atoms with van der Waals surface area (Å²) < 4.78 is 12.0. The van der Waals surface area contributed by atoms with E-state index in [1.54, 1.807) is 18.2 Å². The zero-order valence-corrected chi connectivity index (χ0v) is 12.4. The van der Waals surface area contributed by atoms with Gasteiger partial charge in [0.1, 0.15) is 0 Å². The van der Waals surface area contributed by atoms with Crippen molar-refractivity contribution in [2.75, 3.05) is 12.3 Å². The summed E-state index contributed by atoms with van der Waals surface area (Å²) in [6.07, 6.45) is 0. The second-order valence-electron chi connectivity index (χ2n) is 3.99. The summed E-state index contributed by atoms with van der Waals surface area (Å²) >= 11 is 3.39. The van der Waals surface area contributed by atoms with E-state index in [-0.39, 0.29) is 0 Å². The lowest BCUT2D eigenvalue weighted by atomic mass is 10.2. The molecule has 2 aromatic rings. The topological polar surface area (TPSA) is 57.4 Å². The number of benzene rings is 1. The Hall–Kier alpha value is -1.75. The summed E-state index contributed by atoms with van der Waals surface area (Å²) in [7, 11) is 0. The van der Waals surface area contributed by atoms with E-state index in [2.05, 4.69) is 20.9 Å². The van der Waals surface area contributed by atoms with Gasteiger partial charge in [-0.15, -0.1) is 0 Å². The molecular weight excluding hydrogens is 308 g/mol. The molecule has 0 spiro atoms. The van der Waals surface area contributed by atoms with Crippen molar-refractivity contribution in [1.29, 1.82) is 0 Å². The summed E-state index contributed by atoms with van der Waals surface area (Å²) in [6.45, 7) is 4.41. The lowest BCUT2D eigenvalue weighted by molar-refractivity contribution is 0.321. The van der Waals surface area contributed by atoms with Gasteiger partial charge in [0.25, 0.3) is 0 Å². The molecule has 1 aromatic heterocycles. The zero-order chi connectivity index (χ0) is 13.8. The predicted octanol–water partition coefficient (Wildman–Crippen LogP) is 3.93. The van der Waals surface area contributed by atoms with Crippen LogP contribution in [-0.2, 0) is 0 Å². The van der Waals surface area contributed by atoms with Crippen LogP contribution >= 0.6 is 15.9 Å². The maximum absolute atomic E-state index is 5.95. The van der Waals surface area contributed by atoms with E-state index >= 15 is 0 Å². The smallest absolute Gasteiger partial charge is 0.222 e. The second kappa shape index (κ2) is 5.93. The molecule has 2 N–H and O–H groups in total. The molecule has 0 aliphatic carbocycles. The Kier molecular flexibility index (Phi) is 4.27. The van der Waals surface area contributed by atoms with E-state index < -0.39 is 0 Å². The number of hydrogen-bond donors (Lipinski definition) is 1. The van der Waals surface area contributed by atoms with Crippen LogP contribution in [0.15, 0.2) is 34.8 Å². The number of ether oxygens (including phenoxy) is 2. The van der Waals surface area contributed by atoms with Gasteiger partial charge in [0.2, 0.25) is 11.8 Å².